The number of hydrogen-bond donors (Lipinski definition) is 3. The third kappa shape index (κ3) is 5.07. The lowest BCUT2D eigenvalue weighted by molar-refractivity contribution is -0.139. The van der Waals surface area contributed by atoms with Crippen molar-refractivity contribution < 1.29 is 19.5 Å². The summed E-state index contributed by atoms with van der Waals surface area (Å²) in [6.45, 7) is 10.7. The Bertz CT molecular complexity index is 1010. The Morgan fingerprint density at radius 3 is 2.44 bits per heavy atom. The van der Waals surface area contributed by atoms with E-state index in [1.165, 1.54) is 0 Å². The highest BCUT2D eigenvalue weighted by Crippen LogP contribution is 2.67. The number of halogens is 1. The summed E-state index contributed by atoms with van der Waals surface area (Å²) in [6, 6.07) is 8.57. The van der Waals surface area contributed by atoms with E-state index in [9.17, 15) is 19.5 Å². The van der Waals surface area contributed by atoms with Gasteiger partial charge >= 0.3 is 0 Å². The Morgan fingerprint density at radius 2 is 1.83 bits per heavy atom. The van der Waals surface area contributed by atoms with Gasteiger partial charge in [-0.25, -0.2) is 0 Å². The van der Waals surface area contributed by atoms with E-state index in [2.05, 4.69) is 47.3 Å². The van der Waals surface area contributed by atoms with Gasteiger partial charge in [0.05, 0.1) is 16.6 Å². The van der Waals surface area contributed by atoms with Crippen molar-refractivity contribution in [3.63, 3.8) is 0 Å². The summed E-state index contributed by atoms with van der Waals surface area (Å²) in [4.78, 5) is 43.1. The summed E-state index contributed by atoms with van der Waals surface area (Å²) >= 11 is 5.42. The second-order valence-corrected chi connectivity index (χ2v) is 15.0. The summed E-state index contributed by atoms with van der Waals surface area (Å²) in [5.41, 5.74) is 0.243. The lowest BCUT2D eigenvalue weighted by Crippen LogP contribution is -2.58. The number of likely N-dealkylation sites (tertiary alicyclic amines) is 1. The molecule has 3 aliphatic rings. The average molecular weight is 581 g/mol. The SMILES string of the molecule is CC(C)(C)CC(C)(C)NC(=O)C1N(CCCO)C(=O)[C@@H]2[C@H](C(=O)Nc3ccccc3)[C@H]3SC12CC3Br. The molecule has 0 radical (unpaired) electrons. The minimum atomic E-state index is -0.689. The number of alkyl halides is 1. The van der Waals surface area contributed by atoms with Gasteiger partial charge in [-0.3, -0.25) is 14.4 Å². The summed E-state index contributed by atoms with van der Waals surface area (Å²) in [6.07, 6.45) is 1.80. The molecule has 3 fully saturated rings. The van der Waals surface area contributed by atoms with Crippen LogP contribution in [0.15, 0.2) is 30.3 Å². The molecule has 0 saturated carbocycles. The fourth-order valence-corrected chi connectivity index (χ4v) is 10.3. The maximum atomic E-state index is 14.0. The fourth-order valence-electron chi connectivity index (χ4n) is 6.73. The summed E-state index contributed by atoms with van der Waals surface area (Å²) in [5, 5.41) is 15.7. The summed E-state index contributed by atoms with van der Waals surface area (Å²) < 4.78 is -0.689. The molecule has 3 aliphatic heterocycles. The third-order valence-corrected chi connectivity index (χ3v) is 10.6. The van der Waals surface area contributed by atoms with Crippen molar-refractivity contribution in [1.82, 2.24) is 10.2 Å². The fraction of sp³-hybridized carbons (Fsp3) is 0.667. The zero-order valence-electron chi connectivity index (χ0n) is 21.7. The van der Waals surface area contributed by atoms with E-state index < -0.39 is 28.2 Å². The number of rotatable bonds is 8. The Balaban J connectivity index is 1.67. The number of anilines is 1. The van der Waals surface area contributed by atoms with Crippen molar-refractivity contribution in [1.29, 1.82) is 0 Å². The third-order valence-electron chi connectivity index (χ3n) is 7.37. The van der Waals surface area contributed by atoms with E-state index in [1.54, 1.807) is 16.7 Å². The van der Waals surface area contributed by atoms with Crippen LogP contribution in [0.3, 0.4) is 0 Å². The largest absolute Gasteiger partial charge is 0.396 e. The lowest BCUT2D eigenvalue weighted by atomic mass is 9.70. The van der Waals surface area contributed by atoms with Crippen molar-refractivity contribution in [2.24, 2.45) is 17.3 Å². The number of carbonyl (C=O) groups excluding carboxylic acids is 3. The molecule has 3 heterocycles. The highest BCUT2D eigenvalue weighted by molar-refractivity contribution is 9.09. The van der Waals surface area contributed by atoms with Gasteiger partial charge < -0.3 is 20.6 Å². The summed E-state index contributed by atoms with van der Waals surface area (Å²) in [7, 11) is 0. The van der Waals surface area contributed by atoms with Crippen LogP contribution in [0.4, 0.5) is 5.69 Å². The maximum absolute atomic E-state index is 14.0. The molecule has 7 nitrogen and oxygen atoms in total. The second kappa shape index (κ2) is 9.95. The molecule has 3 N–H and O–H groups in total. The smallest absolute Gasteiger partial charge is 0.244 e. The first-order valence-electron chi connectivity index (χ1n) is 12.7. The van der Waals surface area contributed by atoms with Crippen LogP contribution in [-0.2, 0) is 14.4 Å². The van der Waals surface area contributed by atoms with Gasteiger partial charge in [-0.1, -0.05) is 54.9 Å². The normalized spacial score (nSPS) is 31.5. The number of aliphatic hydroxyl groups excluding tert-OH is 1. The van der Waals surface area contributed by atoms with Crippen LogP contribution in [0.25, 0.3) is 0 Å². The molecule has 9 heteroatoms. The van der Waals surface area contributed by atoms with Crippen LogP contribution in [0, 0.1) is 17.3 Å². The number of hydrogen-bond acceptors (Lipinski definition) is 5. The monoisotopic (exact) mass is 579 g/mol. The number of thioether (sulfide) groups is 1. The molecule has 3 saturated heterocycles. The number of fused-ring (bicyclic) bond motifs is 1. The first kappa shape index (κ1) is 27.5. The highest BCUT2D eigenvalue weighted by Gasteiger charge is 2.75. The molecule has 1 aromatic carbocycles. The molecule has 1 spiro atoms. The Morgan fingerprint density at radius 1 is 1.17 bits per heavy atom. The van der Waals surface area contributed by atoms with E-state index in [-0.39, 0.29) is 46.4 Å². The van der Waals surface area contributed by atoms with E-state index in [4.69, 9.17) is 0 Å². The number of nitrogens with one attached hydrogen (secondary N) is 2. The highest BCUT2D eigenvalue weighted by atomic mass is 79.9. The van der Waals surface area contributed by atoms with Crippen molar-refractivity contribution >= 4 is 51.1 Å². The van der Waals surface area contributed by atoms with Gasteiger partial charge in [-0.15, -0.1) is 11.8 Å². The molecule has 4 rings (SSSR count). The van der Waals surface area contributed by atoms with Crippen LogP contribution < -0.4 is 10.6 Å². The number of nitrogens with zero attached hydrogens (tertiary/aromatic N) is 1. The number of carbonyl (C=O) groups is 3. The second-order valence-electron chi connectivity index (χ2n) is 12.2. The Labute approximate surface area is 226 Å². The van der Waals surface area contributed by atoms with E-state index in [0.717, 1.165) is 6.42 Å². The Kier molecular flexibility index (Phi) is 7.59. The van der Waals surface area contributed by atoms with Crippen LogP contribution in [0.1, 0.15) is 53.9 Å². The van der Waals surface area contributed by atoms with E-state index >= 15 is 0 Å². The molecule has 2 bridgehead atoms. The number of benzene rings is 1. The molecule has 1 aromatic rings. The molecular formula is C27H38BrN3O4S. The standard InChI is InChI=1S/C27H38BrN3O4S/c1-25(2,3)15-26(4,5)30-23(34)21-27-14-17(28)20(36-27)18(19(27)24(35)31(21)12-9-13-32)22(33)29-16-10-7-6-8-11-16/h6-8,10-11,17-21,32H,9,12-15H2,1-5H3,(H,29,33)(H,30,34)/t17?,18-,19-,20-,21?,27?/m0/s1. The lowest BCUT2D eigenvalue weighted by Gasteiger charge is -2.39. The van der Waals surface area contributed by atoms with Crippen LogP contribution in [0.5, 0.6) is 0 Å². The number of aliphatic hydroxyl groups is 1. The molecule has 0 aromatic heterocycles. The van der Waals surface area contributed by atoms with Crippen molar-refractivity contribution in [3.8, 4) is 0 Å². The first-order valence-corrected chi connectivity index (χ1v) is 14.5. The molecule has 198 valence electrons. The van der Waals surface area contributed by atoms with Gasteiger partial charge in [-0.2, -0.15) is 0 Å². The molecule has 3 unspecified atom stereocenters. The van der Waals surface area contributed by atoms with Crippen molar-refractivity contribution in [2.45, 2.75) is 80.3 Å². The molecule has 3 amide bonds. The predicted octanol–water partition coefficient (Wildman–Crippen LogP) is 3.80. The van der Waals surface area contributed by atoms with Gasteiger partial charge in [0.1, 0.15) is 6.04 Å². The summed E-state index contributed by atoms with van der Waals surface area (Å²) in [5.74, 6) is -1.63. The molecule has 6 atom stereocenters. The minimum Gasteiger partial charge on any atom is -0.396 e. The molecular weight excluding hydrogens is 542 g/mol. The van der Waals surface area contributed by atoms with Gasteiger partial charge in [0, 0.05) is 34.5 Å². The van der Waals surface area contributed by atoms with Crippen molar-refractivity contribution in [2.75, 3.05) is 18.5 Å². The van der Waals surface area contributed by atoms with Crippen LogP contribution in [0.2, 0.25) is 0 Å². The van der Waals surface area contributed by atoms with Gasteiger partial charge in [0.25, 0.3) is 0 Å². The predicted molar refractivity (Wildman–Crippen MR) is 147 cm³/mol. The quantitative estimate of drug-likeness (QED) is 0.407. The molecule has 0 aliphatic carbocycles. The topological polar surface area (TPSA) is 98.7 Å². The van der Waals surface area contributed by atoms with Gasteiger partial charge in [-0.05, 0) is 50.7 Å². The zero-order valence-corrected chi connectivity index (χ0v) is 24.1. The maximum Gasteiger partial charge on any atom is 0.244 e. The Hall–Kier alpha value is -1.58. The number of para-hydroxylation sites is 1. The van der Waals surface area contributed by atoms with E-state index in [1.807, 2.05) is 44.2 Å². The van der Waals surface area contributed by atoms with Crippen LogP contribution >= 0.6 is 27.7 Å². The molecule has 36 heavy (non-hydrogen) atoms. The first-order chi connectivity index (χ1) is 16.8. The number of amides is 3. The van der Waals surface area contributed by atoms with Crippen molar-refractivity contribution in [3.05, 3.63) is 30.3 Å². The zero-order chi connectivity index (χ0) is 26.5. The van der Waals surface area contributed by atoms with E-state index in [0.29, 0.717) is 18.5 Å². The van der Waals surface area contributed by atoms with Gasteiger partial charge in [0.2, 0.25) is 17.7 Å². The minimum absolute atomic E-state index is 0.0157. The average Bonchev–Trinajstić information content (AvgIpc) is 3.34. The van der Waals surface area contributed by atoms with Gasteiger partial charge in [0.15, 0.2) is 0 Å². The van der Waals surface area contributed by atoms with Crippen LogP contribution in [-0.4, -0.2) is 67.3 Å².